The molecule has 0 spiro atoms. The highest BCUT2D eigenvalue weighted by atomic mass is 19.4. The topological polar surface area (TPSA) is 56.8 Å². The highest BCUT2D eigenvalue weighted by molar-refractivity contribution is 5.77. The molecule has 0 aliphatic heterocycles. The number of ether oxygens (including phenoxy) is 3. The average molecular weight is 355 g/mol. The molecule has 1 N–H and O–H groups in total. The Hall–Kier alpha value is -2.90. The van der Waals surface area contributed by atoms with Gasteiger partial charge in [0.1, 0.15) is 5.75 Å². The van der Waals surface area contributed by atoms with Crippen molar-refractivity contribution in [1.29, 1.82) is 0 Å². The van der Waals surface area contributed by atoms with Crippen molar-refractivity contribution in [2.75, 3.05) is 13.7 Å². The van der Waals surface area contributed by atoms with E-state index in [2.05, 4.69) is 10.1 Å². The van der Waals surface area contributed by atoms with Crippen molar-refractivity contribution < 1.29 is 32.2 Å². The third-order valence-corrected chi connectivity index (χ3v) is 3.10. The minimum Gasteiger partial charge on any atom is -0.493 e. The van der Waals surface area contributed by atoms with E-state index in [4.69, 9.17) is 9.47 Å². The molecule has 5 nitrogen and oxygen atoms in total. The van der Waals surface area contributed by atoms with Gasteiger partial charge in [0.15, 0.2) is 18.1 Å². The lowest BCUT2D eigenvalue weighted by atomic mass is 10.2. The molecule has 1 amide bonds. The molecule has 0 aromatic heterocycles. The molecule has 0 saturated carbocycles. The number of halogens is 3. The van der Waals surface area contributed by atoms with Crippen LogP contribution < -0.4 is 19.5 Å². The molecule has 2 aromatic carbocycles. The fourth-order valence-corrected chi connectivity index (χ4v) is 2.00. The van der Waals surface area contributed by atoms with Crippen LogP contribution >= 0.6 is 0 Å². The quantitative estimate of drug-likeness (QED) is 0.828. The number of hydrogen-bond donors (Lipinski definition) is 1. The van der Waals surface area contributed by atoms with Crippen molar-refractivity contribution >= 4 is 5.91 Å². The Kier molecular flexibility index (Phi) is 6.10. The maximum atomic E-state index is 12.4. The molecule has 0 aliphatic carbocycles. The number of benzene rings is 2. The van der Waals surface area contributed by atoms with Gasteiger partial charge in [0.05, 0.1) is 7.11 Å². The van der Waals surface area contributed by atoms with Gasteiger partial charge >= 0.3 is 6.36 Å². The van der Waals surface area contributed by atoms with Crippen LogP contribution in [0, 0.1) is 0 Å². The van der Waals surface area contributed by atoms with Gasteiger partial charge in [0.25, 0.3) is 5.91 Å². The van der Waals surface area contributed by atoms with Crippen LogP contribution in [-0.2, 0) is 11.3 Å². The zero-order chi connectivity index (χ0) is 18.3. The normalized spacial score (nSPS) is 10.9. The highest BCUT2D eigenvalue weighted by Gasteiger charge is 2.31. The van der Waals surface area contributed by atoms with E-state index in [0.717, 1.165) is 0 Å². The van der Waals surface area contributed by atoms with Crippen molar-refractivity contribution in [2.45, 2.75) is 12.9 Å². The maximum absolute atomic E-state index is 12.4. The SMILES string of the molecule is COc1ccccc1OCC(=O)NCc1ccccc1OC(F)(F)F. The average Bonchev–Trinajstić information content (AvgIpc) is 2.58. The first-order valence-electron chi connectivity index (χ1n) is 7.25. The Morgan fingerprint density at radius 2 is 1.60 bits per heavy atom. The molecule has 0 unspecified atom stereocenters. The Labute approximate surface area is 142 Å². The number of carbonyl (C=O) groups excluding carboxylic acids is 1. The van der Waals surface area contributed by atoms with Crippen LogP contribution in [-0.4, -0.2) is 26.0 Å². The number of carbonyl (C=O) groups is 1. The van der Waals surface area contributed by atoms with Crippen LogP contribution in [0.4, 0.5) is 13.2 Å². The smallest absolute Gasteiger partial charge is 0.493 e. The fraction of sp³-hybridized carbons (Fsp3) is 0.235. The first-order valence-corrected chi connectivity index (χ1v) is 7.25. The van der Waals surface area contributed by atoms with Crippen molar-refractivity contribution in [2.24, 2.45) is 0 Å². The second kappa shape index (κ2) is 8.27. The van der Waals surface area contributed by atoms with E-state index < -0.39 is 12.3 Å². The summed E-state index contributed by atoms with van der Waals surface area (Å²) in [5, 5.41) is 2.48. The predicted molar refractivity (Wildman–Crippen MR) is 83.5 cm³/mol. The summed E-state index contributed by atoms with van der Waals surface area (Å²) in [6, 6.07) is 12.4. The molecule has 0 saturated heterocycles. The van der Waals surface area contributed by atoms with Crippen LogP contribution in [0.1, 0.15) is 5.56 Å². The van der Waals surface area contributed by atoms with Crippen LogP contribution in [0.15, 0.2) is 48.5 Å². The third kappa shape index (κ3) is 5.91. The molecule has 0 radical (unpaired) electrons. The Morgan fingerprint density at radius 3 is 2.24 bits per heavy atom. The van der Waals surface area contributed by atoms with E-state index in [9.17, 15) is 18.0 Å². The number of methoxy groups -OCH3 is 1. The molecular weight excluding hydrogens is 339 g/mol. The van der Waals surface area contributed by atoms with E-state index in [-0.39, 0.29) is 24.5 Å². The lowest BCUT2D eigenvalue weighted by Crippen LogP contribution is -2.29. The van der Waals surface area contributed by atoms with Gasteiger partial charge < -0.3 is 19.5 Å². The van der Waals surface area contributed by atoms with E-state index in [1.807, 2.05) is 0 Å². The largest absolute Gasteiger partial charge is 0.573 e. The Balaban J connectivity index is 1.90. The lowest BCUT2D eigenvalue weighted by Gasteiger charge is -2.14. The molecule has 0 fully saturated rings. The minimum absolute atomic E-state index is 0.125. The van der Waals surface area contributed by atoms with Crippen molar-refractivity contribution in [3.63, 3.8) is 0 Å². The molecular formula is C17H16F3NO4. The monoisotopic (exact) mass is 355 g/mol. The van der Waals surface area contributed by atoms with Crippen LogP contribution in [0.3, 0.4) is 0 Å². The van der Waals surface area contributed by atoms with Gasteiger partial charge in [-0.1, -0.05) is 30.3 Å². The standard InChI is InChI=1S/C17H16F3NO4/c1-23-14-8-4-5-9-15(14)24-11-16(22)21-10-12-6-2-3-7-13(12)25-17(18,19)20/h2-9H,10-11H2,1H3,(H,21,22). The summed E-state index contributed by atoms with van der Waals surface area (Å²) in [5.41, 5.74) is 0.200. The molecule has 0 bridgehead atoms. The second-order valence-corrected chi connectivity index (χ2v) is 4.87. The summed E-state index contributed by atoms with van der Waals surface area (Å²) in [4.78, 5) is 11.8. The second-order valence-electron chi connectivity index (χ2n) is 4.87. The number of para-hydroxylation sites is 3. The van der Waals surface area contributed by atoms with Gasteiger partial charge in [-0.3, -0.25) is 4.79 Å². The molecule has 0 aliphatic rings. The number of amides is 1. The lowest BCUT2D eigenvalue weighted by molar-refractivity contribution is -0.274. The van der Waals surface area contributed by atoms with E-state index in [1.54, 1.807) is 30.3 Å². The van der Waals surface area contributed by atoms with Crippen LogP contribution in [0.2, 0.25) is 0 Å². The van der Waals surface area contributed by atoms with Gasteiger partial charge in [-0.25, -0.2) is 0 Å². The summed E-state index contributed by atoms with van der Waals surface area (Å²) in [7, 11) is 1.47. The predicted octanol–water partition coefficient (Wildman–Crippen LogP) is 3.29. The summed E-state index contributed by atoms with van der Waals surface area (Å²) < 4.78 is 51.4. The zero-order valence-electron chi connectivity index (χ0n) is 13.3. The molecule has 0 atom stereocenters. The van der Waals surface area contributed by atoms with Crippen LogP contribution in [0.25, 0.3) is 0 Å². The summed E-state index contributed by atoms with van der Waals surface area (Å²) in [6.07, 6.45) is -4.80. The van der Waals surface area contributed by atoms with Crippen molar-refractivity contribution in [3.8, 4) is 17.2 Å². The van der Waals surface area contributed by atoms with E-state index in [1.165, 1.54) is 25.3 Å². The fourth-order valence-electron chi connectivity index (χ4n) is 2.00. The Morgan fingerprint density at radius 1 is 1.00 bits per heavy atom. The number of alkyl halides is 3. The minimum atomic E-state index is -4.80. The summed E-state index contributed by atoms with van der Waals surface area (Å²) >= 11 is 0. The van der Waals surface area contributed by atoms with Gasteiger partial charge in [0, 0.05) is 12.1 Å². The number of rotatable bonds is 7. The van der Waals surface area contributed by atoms with Gasteiger partial charge in [0.2, 0.25) is 0 Å². The van der Waals surface area contributed by atoms with Gasteiger partial charge in [-0.05, 0) is 18.2 Å². The van der Waals surface area contributed by atoms with Crippen LogP contribution in [0.5, 0.6) is 17.2 Å². The van der Waals surface area contributed by atoms with E-state index in [0.29, 0.717) is 11.5 Å². The Bertz CT molecular complexity index is 719. The van der Waals surface area contributed by atoms with Gasteiger partial charge in [-0.15, -0.1) is 13.2 Å². The van der Waals surface area contributed by atoms with E-state index >= 15 is 0 Å². The first kappa shape index (κ1) is 18.4. The molecule has 25 heavy (non-hydrogen) atoms. The molecule has 8 heteroatoms. The maximum Gasteiger partial charge on any atom is 0.573 e. The number of nitrogens with one attached hydrogen (secondary N) is 1. The molecule has 0 heterocycles. The van der Waals surface area contributed by atoms with Crippen molar-refractivity contribution in [1.82, 2.24) is 5.32 Å². The zero-order valence-corrected chi connectivity index (χ0v) is 13.3. The summed E-state index contributed by atoms with van der Waals surface area (Å²) in [5.74, 6) is 0.00819. The number of hydrogen-bond acceptors (Lipinski definition) is 4. The van der Waals surface area contributed by atoms with Gasteiger partial charge in [-0.2, -0.15) is 0 Å². The molecule has 2 rings (SSSR count). The first-order chi connectivity index (χ1) is 11.9. The molecule has 134 valence electrons. The summed E-state index contributed by atoms with van der Waals surface area (Å²) in [6.45, 7) is -0.428. The highest BCUT2D eigenvalue weighted by Crippen LogP contribution is 2.27. The third-order valence-electron chi connectivity index (χ3n) is 3.10. The molecule has 2 aromatic rings. The van der Waals surface area contributed by atoms with Crippen molar-refractivity contribution in [3.05, 3.63) is 54.1 Å².